The van der Waals surface area contributed by atoms with E-state index < -0.39 is 0 Å². The molecule has 2 fully saturated rings. The van der Waals surface area contributed by atoms with Crippen molar-refractivity contribution in [2.24, 2.45) is 0 Å². The number of nitrogens with zero attached hydrogens (tertiary/aromatic N) is 8. The standard InChI is InChI=1S/C17H26N8/c1-15-14-16(20-17(19-15)24-5-2-3-6-24)23-11-8-22(9-12-23)10-13-25-7-4-18-21-25/h4,7,14H,2-3,5-6,8-13H2,1H3. The Balaban J connectivity index is 1.35. The van der Waals surface area contributed by atoms with Crippen molar-refractivity contribution >= 4 is 11.8 Å². The van der Waals surface area contributed by atoms with E-state index in [-0.39, 0.29) is 0 Å². The molecule has 0 spiro atoms. The number of aryl methyl sites for hydroxylation is 1. The van der Waals surface area contributed by atoms with Crippen LogP contribution in [0.3, 0.4) is 0 Å². The van der Waals surface area contributed by atoms with E-state index in [0.29, 0.717) is 0 Å². The molecule has 25 heavy (non-hydrogen) atoms. The van der Waals surface area contributed by atoms with Crippen LogP contribution in [0.25, 0.3) is 0 Å². The number of hydrogen-bond donors (Lipinski definition) is 0. The van der Waals surface area contributed by atoms with Crippen molar-refractivity contribution in [2.75, 3.05) is 55.6 Å². The highest BCUT2D eigenvalue weighted by molar-refractivity contribution is 5.46. The number of anilines is 2. The molecule has 2 aromatic rings. The lowest BCUT2D eigenvalue weighted by Crippen LogP contribution is -2.47. The molecule has 0 aromatic carbocycles. The molecule has 0 atom stereocenters. The fourth-order valence-corrected chi connectivity index (χ4v) is 3.55. The maximum Gasteiger partial charge on any atom is 0.227 e. The van der Waals surface area contributed by atoms with Crippen LogP contribution in [0.15, 0.2) is 18.5 Å². The van der Waals surface area contributed by atoms with Crippen molar-refractivity contribution < 1.29 is 0 Å². The third-order valence-electron chi connectivity index (χ3n) is 5.03. The summed E-state index contributed by atoms with van der Waals surface area (Å²) >= 11 is 0. The largest absolute Gasteiger partial charge is 0.354 e. The average Bonchev–Trinajstić information content (AvgIpc) is 3.33. The molecule has 4 rings (SSSR count). The normalized spacial score (nSPS) is 18.9. The Morgan fingerprint density at radius 2 is 1.72 bits per heavy atom. The van der Waals surface area contributed by atoms with Gasteiger partial charge in [0.25, 0.3) is 0 Å². The predicted octanol–water partition coefficient (Wildman–Crippen LogP) is 0.799. The topological polar surface area (TPSA) is 66.2 Å². The Hall–Kier alpha value is -2.22. The first kappa shape index (κ1) is 16.3. The number of piperazine rings is 1. The Bertz CT molecular complexity index is 672. The van der Waals surface area contributed by atoms with Gasteiger partial charge < -0.3 is 9.80 Å². The molecule has 0 aliphatic carbocycles. The maximum atomic E-state index is 4.85. The summed E-state index contributed by atoms with van der Waals surface area (Å²) in [6, 6.07) is 2.12. The van der Waals surface area contributed by atoms with Crippen molar-refractivity contribution in [3.63, 3.8) is 0 Å². The summed E-state index contributed by atoms with van der Waals surface area (Å²) in [5.74, 6) is 1.98. The molecule has 2 aliphatic rings. The van der Waals surface area contributed by atoms with Crippen molar-refractivity contribution in [1.82, 2.24) is 29.9 Å². The van der Waals surface area contributed by atoms with Gasteiger partial charge in [-0.25, -0.2) is 4.98 Å². The molecule has 2 saturated heterocycles. The van der Waals surface area contributed by atoms with E-state index in [9.17, 15) is 0 Å². The molecule has 2 aliphatic heterocycles. The lowest BCUT2D eigenvalue weighted by atomic mass is 10.3. The summed E-state index contributed by atoms with van der Waals surface area (Å²) < 4.78 is 1.89. The average molecular weight is 342 g/mol. The Labute approximate surface area is 148 Å². The predicted molar refractivity (Wildman–Crippen MR) is 96.9 cm³/mol. The van der Waals surface area contributed by atoms with Crippen LogP contribution < -0.4 is 9.80 Å². The van der Waals surface area contributed by atoms with Crippen molar-refractivity contribution in [1.29, 1.82) is 0 Å². The van der Waals surface area contributed by atoms with E-state index in [2.05, 4.69) is 43.0 Å². The summed E-state index contributed by atoms with van der Waals surface area (Å²) in [7, 11) is 0. The van der Waals surface area contributed by atoms with E-state index in [1.54, 1.807) is 6.20 Å². The van der Waals surface area contributed by atoms with Gasteiger partial charge in [-0.15, -0.1) is 5.10 Å². The highest BCUT2D eigenvalue weighted by atomic mass is 15.4. The van der Waals surface area contributed by atoms with E-state index in [1.165, 1.54) is 12.8 Å². The van der Waals surface area contributed by atoms with Gasteiger partial charge in [0.1, 0.15) is 5.82 Å². The quantitative estimate of drug-likeness (QED) is 0.796. The van der Waals surface area contributed by atoms with Gasteiger partial charge in [0, 0.05) is 63.8 Å². The maximum absolute atomic E-state index is 4.85. The Morgan fingerprint density at radius 1 is 0.920 bits per heavy atom. The van der Waals surface area contributed by atoms with E-state index >= 15 is 0 Å². The highest BCUT2D eigenvalue weighted by Gasteiger charge is 2.21. The van der Waals surface area contributed by atoms with E-state index in [1.807, 2.05) is 10.9 Å². The van der Waals surface area contributed by atoms with Crippen LogP contribution in [-0.4, -0.2) is 75.7 Å². The van der Waals surface area contributed by atoms with Crippen LogP contribution in [-0.2, 0) is 6.54 Å². The second-order valence-corrected chi connectivity index (χ2v) is 6.86. The van der Waals surface area contributed by atoms with Gasteiger partial charge in [-0.3, -0.25) is 9.58 Å². The zero-order valence-electron chi connectivity index (χ0n) is 14.9. The molecule has 0 radical (unpaired) electrons. The minimum Gasteiger partial charge on any atom is -0.354 e. The Morgan fingerprint density at radius 3 is 2.44 bits per heavy atom. The molecular formula is C17H26N8. The lowest BCUT2D eigenvalue weighted by molar-refractivity contribution is 0.243. The lowest BCUT2D eigenvalue weighted by Gasteiger charge is -2.35. The van der Waals surface area contributed by atoms with Crippen LogP contribution in [0.1, 0.15) is 18.5 Å². The van der Waals surface area contributed by atoms with Gasteiger partial charge >= 0.3 is 0 Å². The molecule has 0 unspecified atom stereocenters. The van der Waals surface area contributed by atoms with E-state index in [0.717, 1.165) is 69.8 Å². The second kappa shape index (κ2) is 7.35. The molecule has 8 heteroatoms. The molecule has 8 nitrogen and oxygen atoms in total. The number of aromatic nitrogens is 5. The molecule has 0 bridgehead atoms. The zero-order chi connectivity index (χ0) is 17.1. The Kier molecular flexibility index (Phi) is 4.78. The first-order valence-corrected chi connectivity index (χ1v) is 9.20. The molecule has 0 N–H and O–H groups in total. The highest BCUT2D eigenvalue weighted by Crippen LogP contribution is 2.21. The molecular weight excluding hydrogens is 316 g/mol. The first-order valence-electron chi connectivity index (χ1n) is 9.20. The van der Waals surface area contributed by atoms with Crippen LogP contribution in [0.4, 0.5) is 11.8 Å². The molecule has 0 amide bonds. The summed E-state index contributed by atoms with van der Waals surface area (Å²) in [4.78, 5) is 16.7. The SMILES string of the molecule is Cc1cc(N2CCN(CCn3ccnn3)CC2)nc(N2CCCC2)n1. The molecule has 0 saturated carbocycles. The van der Waals surface area contributed by atoms with Crippen molar-refractivity contribution in [2.45, 2.75) is 26.3 Å². The van der Waals surface area contributed by atoms with Gasteiger partial charge in [0.2, 0.25) is 5.95 Å². The van der Waals surface area contributed by atoms with Crippen LogP contribution >= 0.6 is 0 Å². The van der Waals surface area contributed by atoms with Gasteiger partial charge in [0.15, 0.2) is 0 Å². The first-order chi connectivity index (χ1) is 12.3. The van der Waals surface area contributed by atoms with Gasteiger partial charge in [0.05, 0.1) is 12.7 Å². The molecule has 4 heterocycles. The summed E-state index contributed by atoms with van der Waals surface area (Å²) in [5.41, 5.74) is 1.06. The minimum absolute atomic E-state index is 0.895. The van der Waals surface area contributed by atoms with Crippen LogP contribution in [0.5, 0.6) is 0 Å². The van der Waals surface area contributed by atoms with Crippen molar-refractivity contribution in [3.05, 3.63) is 24.2 Å². The van der Waals surface area contributed by atoms with Gasteiger partial charge in [-0.1, -0.05) is 5.21 Å². The fraction of sp³-hybridized carbons (Fsp3) is 0.647. The van der Waals surface area contributed by atoms with Gasteiger partial charge in [-0.2, -0.15) is 4.98 Å². The van der Waals surface area contributed by atoms with Crippen LogP contribution in [0, 0.1) is 6.92 Å². The number of rotatable bonds is 5. The summed E-state index contributed by atoms with van der Waals surface area (Å²) in [6.45, 7) is 10.3. The second-order valence-electron chi connectivity index (χ2n) is 6.86. The third-order valence-corrected chi connectivity index (χ3v) is 5.03. The van der Waals surface area contributed by atoms with Crippen molar-refractivity contribution in [3.8, 4) is 0 Å². The fourth-order valence-electron chi connectivity index (χ4n) is 3.55. The minimum atomic E-state index is 0.895. The number of hydrogen-bond acceptors (Lipinski definition) is 7. The zero-order valence-corrected chi connectivity index (χ0v) is 14.9. The van der Waals surface area contributed by atoms with E-state index in [4.69, 9.17) is 4.98 Å². The molecule has 2 aromatic heterocycles. The third kappa shape index (κ3) is 3.89. The van der Waals surface area contributed by atoms with Gasteiger partial charge in [-0.05, 0) is 19.8 Å². The molecule has 134 valence electrons. The smallest absolute Gasteiger partial charge is 0.227 e. The van der Waals surface area contributed by atoms with Crippen LogP contribution in [0.2, 0.25) is 0 Å². The monoisotopic (exact) mass is 342 g/mol. The summed E-state index contributed by atoms with van der Waals surface area (Å²) in [5, 5.41) is 7.88. The summed E-state index contributed by atoms with van der Waals surface area (Å²) in [6.07, 6.45) is 6.14.